The maximum Gasteiger partial charge on any atom is 0.573 e. The molecular formula is C9H3F3N2O5. The highest BCUT2D eigenvalue weighted by atomic mass is 19.4. The number of nitrogens with zero attached hydrogens (tertiary/aromatic N) is 2. The predicted octanol–water partition coefficient (Wildman–Crippen LogP) is 2.06. The lowest BCUT2D eigenvalue weighted by molar-refractivity contribution is -0.388. The van der Waals surface area contributed by atoms with Gasteiger partial charge in [-0.25, -0.2) is 4.79 Å². The summed E-state index contributed by atoms with van der Waals surface area (Å²) < 4.78 is 39.8. The molecule has 10 heteroatoms. The van der Waals surface area contributed by atoms with E-state index in [2.05, 4.69) is 4.74 Å². The number of nitro benzene ring substituents is 1. The molecule has 1 aromatic carbocycles. The van der Waals surface area contributed by atoms with Gasteiger partial charge in [-0.05, 0) is 6.07 Å². The first-order chi connectivity index (χ1) is 8.67. The van der Waals surface area contributed by atoms with E-state index in [-0.39, 0.29) is 0 Å². The first-order valence-corrected chi connectivity index (χ1v) is 4.38. The molecule has 0 unspecified atom stereocenters. The van der Waals surface area contributed by atoms with Crippen LogP contribution in [0.1, 0.15) is 15.9 Å². The van der Waals surface area contributed by atoms with Gasteiger partial charge in [0.05, 0.1) is 10.5 Å². The van der Waals surface area contributed by atoms with E-state index in [1.165, 1.54) is 0 Å². The van der Waals surface area contributed by atoms with Gasteiger partial charge in [-0.15, -0.1) is 13.2 Å². The van der Waals surface area contributed by atoms with Gasteiger partial charge in [0, 0.05) is 6.07 Å². The van der Waals surface area contributed by atoms with Crippen LogP contribution in [0.15, 0.2) is 12.1 Å². The fourth-order valence-electron chi connectivity index (χ4n) is 1.22. The first-order valence-electron chi connectivity index (χ1n) is 4.38. The third-order valence-corrected chi connectivity index (χ3v) is 1.89. The van der Waals surface area contributed by atoms with Crippen LogP contribution in [0.3, 0.4) is 0 Å². The summed E-state index contributed by atoms with van der Waals surface area (Å²) in [5.74, 6) is -3.15. The molecule has 0 amide bonds. The molecule has 0 heterocycles. The normalized spacial score (nSPS) is 10.6. The molecule has 1 rings (SSSR count). The van der Waals surface area contributed by atoms with Crippen LogP contribution in [-0.2, 0) is 0 Å². The monoisotopic (exact) mass is 276 g/mol. The van der Waals surface area contributed by atoms with Crippen LogP contribution in [0.25, 0.3) is 0 Å². The fraction of sp³-hybridized carbons (Fsp3) is 0.111. The Hall–Kier alpha value is -2.83. The number of carboxylic acid groups (broad SMARTS) is 1. The SMILES string of the molecule is N#Cc1c(C(=O)O)ccc([N+](=O)[O-])c1OC(F)(F)F. The van der Waals surface area contributed by atoms with Gasteiger partial charge in [0.15, 0.2) is 0 Å². The second kappa shape index (κ2) is 4.81. The Bertz CT molecular complexity index is 591. The van der Waals surface area contributed by atoms with Crippen LogP contribution in [0.4, 0.5) is 18.9 Å². The highest BCUT2D eigenvalue weighted by Crippen LogP contribution is 2.36. The zero-order valence-corrected chi connectivity index (χ0v) is 8.76. The number of carboxylic acids is 1. The highest BCUT2D eigenvalue weighted by molar-refractivity contribution is 5.92. The standard InChI is InChI=1S/C9H3F3N2O5/c10-9(11,12)19-7-5(3-13)4(8(15)16)1-2-6(7)14(17)18/h1-2H,(H,15,16). The van der Waals surface area contributed by atoms with Crippen LogP contribution in [-0.4, -0.2) is 22.4 Å². The number of nitro groups is 1. The van der Waals surface area contributed by atoms with Crippen LogP contribution >= 0.6 is 0 Å². The topological polar surface area (TPSA) is 113 Å². The Labute approximate surface area is 102 Å². The van der Waals surface area contributed by atoms with Crippen molar-refractivity contribution in [1.29, 1.82) is 5.26 Å². The maximum absolute atomic E-state index is 12.1. The van der Waals surface area contributed by atoms with Crippen LogP contribution in [0, 0.1) is 21.4 Å². The van der Waals surface area contributed by atoms with E-state index >= 15 is 0 Å². The Balaban J connectivity index is 3.61. The van der Waals surface area contributed by atoms with Crippen molar-refractivity contribution in [2.75, 3.05) is 0 Å². The van der Waals surface area contributed by atoms with Crippen molar-refractivity contribution in [3.8, 4) is 11.8 Å². The molecular weight excluding hydrogens is 273 g/mol. The summed E-state index contributed by atoms with van der Waals surface area (Å²) in [7, 11) is 0. The molecule has 0 radical (unpaired) electrons. The Kier molecular flexibility index (Phi) is 3.60. The van der Waals surface area contributed by atoms with Crippen molar-refractivity contribution in [3.63, 3.8) is 0 Å². The first kappa shape index (κ1) is 14.2. The van der Waals surface area contributed by atoms with Crippen molar-refractivity contribution >= 4 is 11.7 Å². The molecule has 1 N–H and O–H groups in total. The average Bonchev–Trinajstić information content (AvgIpc) is 2.25. The van der Waals surface area contributed by atoms with Crippen molar-refractivity contribution in [2.45, 2.75) is 6.36 Å². The molecule has 0 aliphatic carbocycles. The number of ether oxygens (including phenoxy) is 1. The van der Waals surface area contributed by atoms with Gasteiger partial charge in [0.1, 0.15) is 11.6 Å². The van der Waals surface area contributed by atoms with Crippen LogP contribution < -0.4 is 4.74 Å². The van der Waals surface area contributed by atoms with Gasteiger partial charge in [0.2, 0.25) is 5.75 Å². The zero-order chi connectivity index (χ0) is 14.8. The number of hydrogen-bond acceptors (Lipinski definition) is 5. The van der Waals surface area contributed by atoms with E-state index < -0.39 is 39.8 Å². The van der Waals surface area contributed by atoms with Gasteiger partial charge in [-0.3, -0.25) is 10.1 Å². The molecule has 0 spiro atoms. The summed E-state index contributed by atoms with van der Waals surface area (Å²) in [6, 6.07) is 2.33. The number of halogens is 3. The average molecular weight is 276 g/mol. The maximum atomic E-state index is 12.1. The molecule has 0 aliphatic heterocycles. The number of aromatic carboxylic acids is 1. The number of hydrogen-bond donors (Lipinski definition) is 1. The van der Waals surface area contributed by atoms with Gasteiger partial charge < -0.3 is 9.84 Å². The van der Waals surface area contributed by atoms with E-state index in [1.54, 1.807) is 0 Å². The number of carbonyl (C=O) groups is 1. The molecule has 0 atom stereocenters. The Morgan fingerprint density at radius 3 is 2.42 bits per heavy atom. The fourth-order valence-corrected chi connectivity index (χ4v) is 1.22. The second-order valence-electron chi connectivity index (χ2n) is 3.06. The molecule has 0 aliphatic rings. The molecule has 19 heavy (non-hydrogen) atoms. The second-order valence-corrected chi connectivity index (χ2v) is 3.06. The largest absolute Gasteiger partial charge is 0.573 e. The van der Waals surface area contributed by atoms with E-state index in [1.807, 2.05) is 0 Å². The smallest absolute Gasteiger partial charge is 0.478 e. The molecule has 100 valence electrons. The van der Waals surface area contributed by atoms with Crippen molar-refractivity contribution in [1.82, 2.24) is 0 Å². The van der Waals surface area contributed by atoms with Crippen molar-refractivity contribution in [2.24, 2.45) is 0 Å². The molecule has 0 saturated carbocycles. The lowest BCUT2D eigenvalue weighted by atomic mass is 10.1. The minimum absolute atomic E-state index is 0.519. The Morgan fingerprint density at radius 1 is 1.47 bits per heavy atom. The number of nitriles is 1. The van der Waals surface area contributed by atoms with E-state index in [0.717, 1.165) is 6.07 Å². The van der Waals surface area contributed by atoms with E-state index in [4.69, 9.17) is 10.4 Å². The van der Waals surface area contributed by atoms with Gasteiger partial charge in [-0.1, -0.05) is 0 Å². The zero-order valence-electron chi connectivity index (χ0n) is 8.76. The van der Waals surface area contributed by atoms with E-state index in [0.29, 0.717) is 12.1 Å². The number of alkyl halides is 3. The summed E-state index contributed by atoms with van der Waals surface area (Å²) in [4.78, 5) is 20.1. The van der Waals surface area contributed by atoms with Gasteiger partial charge in [0.25, 0.3) is 0 Å². The van der Waals surface area contributed by atoms with Crippen LogP contribution in [0.5, 0.6) is 5.75 Å². The summed E-state index contributed by atoms with van der Waals surface area (Å²) >= 11 is 0. The van der Waals surface area contributed by atoms with Crippen molar-refractivity contribution < 1.29 is 32.7 Å². The molecule has 1 aromatic rings. The predicted molar refractivity (Wildman–Crippen MR) is 51.5 cm³/mol. The summed E-state index contributed by atoms with van der Waals surface area (Å²) in [6.07, 6.45) is -5.30. The van der Waals surface area contributed by atoms with E-state index in [9.17, 15) is 28.1 Å². The van der Waals surface area contributed by atoms with Gasteiger partial charge in [-0.2, -0.15) is 5.26 Å². The molecule has 7 nitrogen and oxygen atoms in total. The lowest BCUT2D eigenvalue weighted by Crippen LogP contribution is -2.19. The minimum atomic E-state index is -5.30. The highest BCUT2D eigenvalue weighted by Gasteiger charge is 2.37. The molecule has 0 fully saturated rings. The van der Waals surface area contributed by atoms with Crippen LogP contribution in [0.2, 0.25) is 0 Å². The van der Waals surface area contributed by atoms with Crippen molar-refractivity contribution in [3.05, 3.63) is 33.4 Å². The molecule has 0 aromatic heterocycles. The number of rotatable bonds is 3. The Morgan fingerprint density at radius 2 is 2.05 bits per heavy atom. The molecule has 0 saturated heterocycles. The third-order valence-electron chi connectivity index (χ3n) is 1.89. The number of benzene rings is 1. The summed E-state index contributed by atoms with van der Waals surface area (Å²) in [5.41, 5.74) is -3.05. The quantitative estimate of drug-likeness (QED) is 0.667. The lowest BCUT2D eigenvalue weighted by Gasteiger charge is -2.11. The van der Waals surface area contributed by atoms with Gasteiger partial charge >= 0.3 is 18.0 Å². The summed E-state index contributed by atoms with van der Waals surface area (Å²) in [6.45, 7) is 0. The summed E-state index contributed by atoms with van der Waals surface area (Å²) in [5, 5.41) is 27.9. The molecule has 0 bridgehead atoms. The third kappa shape index (κ3) is 3.09. The minimum Gasteiger partial charge on any atom is -0.478 e.